The van der Waals surface area contributed by atoms with Crippen molar-refractivity contribution in [3.8, 4) is 0 Å². The standard InChI is InChI=1S/C13H19NO/c1-10(14-15-5)11-6-8-12(9-7-11)13(2,3)4/h6-9,14H,1H2,2-5H3. The van der Waals surface area contributed by atoms with Gasteiger partial charge in [0.15, 0.2) is 0 Å². The zero-order valence-electron chi connectivity index (χ0n) is 9.92. The smallest absolute Gasteiger partial charge is 0.0636 e. The summed E-state index contributed by atoms with van der Waals surface area (Å²) in [6, 6.07) is 8.35. The fourth-order valence-corrected chi connectivity index (χ4v) is 1.35. The Morgan fingerprint density at radius 3 is 2.13 bits per heavy atom. The number of benzene rings is 1. The van der Waals surface area contributed by atoms with Crippen LogP contribution in [-0.4, -0.2) is 7.11 Å². The van der Waals surface area contributed by atoms with Crippen LogP contribution in [0, 0.1) is 0 Å². The zero-order valence-corrected chi connectivity index (χ0v) is 9.92. The van der Waals surface area contributed by atoms with Crippen molar-refractivity contribution in [3.05, 3.63) is 42.0 Å². The van der Waals surface area contributed by atoms with Crippen LogP contribution in [0.2, 0.25) is 0 Å². The van der Waals surface area contributed by atoms with Gasteiger partial charge in [-0.1, -0.05) is 51.6 Å². The van der Waals surface area contributed by atoms with Crippen LogP contribution in [0.1, 0.15) is 31.9 Å². The van der Waals surface area contributed by atoms with Gasteiger partial charge in [-0.25, -0.2) is 0 Å². The number of hydroxylamine groups is 1. The molecule has 0 aliphatic carbocycles. The maximum absolute atomic E-state index is 4.81. The molecule has 0 bridgehead atoms. The Morgan fingerprint density at radius 2 is 1.73 bits per heavy atom. The lowest BCUT2D eigenvalue weighted by Crippen LogP contribution is -2.12. The number of rotatable bonds is 3. The third-order valence-corrected chi connectivity index (χ3v) is 2.32. The lowest BCUT2D eigenvalue weighted by molar-refractivity contribution is 0.137. The van der Waals surface area contributed by atoms with Crippen molar-refractivity contribution in [1.82, 2.24) is 5.48 Å². The summed E-state index contributed by atoms with van der Waals surface area (Å²) in [6.45, 7) is 10.5. The third kappa shape index (κ3) is 3.10. The minimum atomic E-state index is 0.189. The molecule has 0 aliphatic rings. The second kappa shape index (κ2) is 4.49. The Bertz CT molecular complexity index is 333. The molecule has 0 unspecified atom stereocenters. The zero-order chi connectivity index (χ0) is 11.5. The average Bonchev–Trinajstić information content (AvgIpc) is 2.17. The topological polar surface area (TPSA) is 21.3 Å². The van der Waals surface area contributed by atoms with E-state index < -0.39 is 0 Å². The van der Waals surface area contributed by atoms with Crippen molar-refractivity contribution < 1.29 is 4.84 Å². The number of hydrogen-bond acceptors (Lipinski definition) is 2. The summed E-state index contributed by atoms with van der Waals surface area (Å²) in [6.07, 6.45) is 0. The Morgan fingerprint density at radius 1 is 1.20 bits per heavy atom. The van der Waals surface area contributed by atoms with Crippen molar-refractivity contribution in [1.29, 1.82) is 0 Å². The summed E-state index contributed by atoms with van der Waals surface area (Å²) >= 11 is 0. The van der Waals surface area contributed by atoms with Crippen molar-refractivity contribution in [2.45, 2.75) is 26.2 Å². The predicted octanol–water partition coefficient (Wildman–Crippen LogP) is 3.11. The molecule has 82 valence electrons. The molecule has 0 saturated heterocycles. The molecule has 2 heteroatoms. The fraction of sp³-hybridized carbons (Fsp3) is 0.385. The van der Waals surface area contributed by atoms with E-state index >= 15 is 0 Å². The minimum absolute atomic E-state index is 0.189. The highest BCUT2D eigenvalue weighted by Crippen LogP contribution is 2.23. The lowest BCUT2D eigenvalue weighted by atomic mass is 9.86. The summed E-state index contributed by atoms with van der Waals surface area (Å²) < 4.78 is 0. The normalized spacial score (nSPS) is 11.2. The van der Waals surface area contributed by atoms with Crippen molar-refractivity contribution in [2.24, 2.45) is 0 Å². The molecule has 1 aromatic rings. The maximum Gasteiger partial charge on any atom is 0.0636 e. The monoisotopic (exact) mass is 205 g/mol. The molecule has 0 atom stereocenters. The van der Waals surface area contributed by atoms with Gasteiger partial charge in [0.1, 0.15) is 0 Å². The third-order valence-electron chi connectivity index (χ3n) is 2.32. The number of hydrogen-bond donors (Lipinski definition) is 1. The van der Waals surface area contributed by atoms with Crippen LogP contribution in [-0.2, 0) is 10.3 Å². The Kier molecular flexibility index (Phi) is 3.53. The fourth-order valence-electron chi connectivity index (χ4n) is 1.35. The van der Waals surface area contributed by atoms with Gasteiger partial charge in [0, 0.05) is 0 Å². The maximum atomic E-state index is 4.81. The van der Waals surface area contributed by atoms with Gasteiger partial charge >= 0.3 is 0 Å². The molecule has 0 aliphatic heterocycles. The molecule has 0 fully saturated rings. The largest absolute Gasteiger partial charge is 0.279 e. The van der Waals surface area contributed by atoms with Gasteiger partial charge in [-0.2, -0.15) is 0 Å². The second-order valence-corrected chi connectivity index (χ2v) is 4.61. The van der Waals surface area contributed by atoms with E-state index in [0.717, 1.165) is 11.3 Å². The van der Waals surface area contributed by atoms with Gasteiger partial charge in [0.2, 0.25) is 0 Å². The van der Waals surface area contributed by atoms with Crippen molar-refractivity contribution in [3.63, 3.8) is 0 Å². The first-order valence-electron chi connectivity index (χ1n) is 5.04. The van der Waals surface area contributed by atoms with Crippen LogP contribution in [0.5, 0.6) is 0 Å². The molecule has 0 radical (unpaired) electrons. The van der Waals surface area contributed by atoms with Gasteiger partial charge in [0.05, 0.1) is 12.8 Å². The summed E-state index contributed by atoms with van der Waals surface area (Å²) in [5, 5.41) is 0. The highest BCUT2D eigenvalue weighted by Gasteiger charge is 2.12. The van der Waals surface area contributed by atoms with Crippen molar-refractivity contribution >= 4 is 5.70 Å². The SMILES string of the molecule is C=C(NOC)c1ccc(C(C)(C)C)cc1. The molecule has 0 heterocycles. The van der Waals surface area contributed by atoms with Gasteiger partial charge in [0.25, 0.3) is 0 Å². The van der Waals surface area contributed by atoms with E-state index in [0.29, 0.717) is 0 Å². The molecule has 1 rings (SSSR count). The predicted molar refractivity (Wildman–Crippen MR) is 64.3 cm³/mol. The summed E-state index contributed by atoms with van der Waals surface area (Å²) in [7, 11) is 1.58. The van der Waals surface area contributed by atoms with E-state index in [9.17, 15) is 0 Å². The molecule has 0 aromatic heterocycles. The first kappa shape index (κ1) is 11.8. The van der Waals surface area contributed by atoms with Crippen molar-refractivity contribution in [2.75, 3.05) is 7.11 Å². The van der Waals surface area contributed by atoms with Crippen LogP contribution < -0.4 is 5.48 Å². The Balaban J connectivity index is 2.86. The second-order valence-electron chi connectivity index (χ2n) is 4.61. The summed E-state index contributed by atoms with van der Waals surface area (Å²) in [5.41, 5.74) is 6.05. The van der Waals surface area contributed by atoms with E-state index in [1.807, 2.05) is 0 Å². The summed E-state index contributed by atoms with van der Waals surface area (Å²) in [4.78, 5) is 4.81. The highest BCUT2D eigenvalue weighted by molar-refractivity contribution is 5.61. The molecule has 1 N–H and O–H groups in total. The first-order chi connectivity index (χ1) is 6.95. The lowest BCUT2D eigenvalue weighted by Gasteiger charge is -2.19. The molecule has 0 saturated carbocycles. The van der Waals surface area contributed by atoms with E-state index in [2.05, 4.69) is 57.1 Å². The van der Waals surface area contributed by atoms with Gasteiger partial charge in [-0.05, 0) is 16.5 Å². The van der Waals surface area contributed by atoms with E-state index in [4.69, 9.17) is 4.84 Å². The van der Waals surface area contributed by atoms with Crippen LogP contribution in [0.4, 0.5) is 0 Å². The molecule has 1 aromatic carbocycles. The number of nitrogens with one attached hydrogen (secondary N) is 1. The van der Waals surface area contributed by atoms with Crippen LogP contribution in [0.25, 0.3) is 5.70 Å². The molecule has 15 heavy (non-hydrogen) atoms. The van der Waals surface area contributed by atoms with E-state index in [-0.39, 0.29) is 5.41 Å². The first-order valence-corrected chi connectivity index (χ1v) is 5.04. The van der Waals surface area contributed by atoms with E-state index in [1.54, 1.807) is 7.11 Å². The molecule has 0 amide bonds. The summed E-state index contributed by atoms with van der Waals surface area (Å²) in [5.74, 6) is 0. The average molecular weight is 205 g/mol. The quantitative estimate of drug-likeness (QED) is 0.766. The van der Waals surface area contributed by atoms with Crippen LogP contribution >= 0.6 is 0 Å². The van der Waals surface area contributed by atoms with Crippen LogP contribution in [0.3, 0.4) is 0 Å². The van der Waals surface area contributed by atoms with Crippen LogP contribution in [0.15, 0.2) is 30.8 Å². The molecule has 2 nitrogen and oxygen atoms in total. The van der Waals surface area contributed by atoms with E-state index in [1.165, 1.54) is 5.56 Å². The molecular formula is C13H19NO. The van der Waals surface area contributed by atoms with Gasteiger partial charge in [-0.3, -0.25) is 10.3 Å². The Labute approximate surface area is 91.9 Å². The minimum Gasteiger partial charge on any atom is -0.279 e. The molecule has 0 spiro atoms. The Hall–Kier alpha value is -1.28. The highest BCUT2D eigenvalue weighted by atomic mass is 16.6. The molecular weight excluding hydrogens is 186 g/mol. The van der Waals surface area contributed by atoms with Gasteiger partial charge < -0.3 is 0 Å². The van der Waals surface area contributed by atoms with Gasteiger partial charge in [-0.15, -0.1) is 0 Å².